The topological polar surface area (TPSA) is 57.5 Å². The highest BCUT2D eigenvalue weighted by Crippen LogP contribution is 2.16. The summed E-state index contributed by atoms with van der Waals surface area (Å²) < 4.78 is 10.3. The van der Waals surface area contributed by atoms with Crippen LogP contribution in [0.2, 0.25) is 0 Å². The molecule has 0 fully saturated rings. The molecule has 1 rings (SSSR count). The molecule has 1 aromatic carbocycles. The van der Waals surface area contributed by atoms with Gasteiger partial charge in [0.15, 0.2) is 6.16 Å². The first-order valence-corrected chi connectivity index (χ1v) is 4.99. The summed E-state index contributed by atoms with van der Waals surface area (Å²) in [4.78, 5) is 8.53. The van der Waals surface area contributed by atoms with Gasteiger partial charge in [0.05, 0.1) is 0 Å². The maximum absolute atomic E-state index is 10.3. The SMILES string of the molecule is O=[P+](O)CCc1ccc(O)cc1. The van der Waals surface area contributed by atoms with Gasteiger partial charge in [-0.05, 0) is 22.3 Å². The molecule has 0 radical (unpaired) electrons. The second kappa shape index (κ2) is 4.19. The van der Waals surface area contributed by atoms with Gasteiger partial charge >= 0.3 is 8.03 Å². The van der Waals surface area contributed by atoms with Crippen LogP contribution in [-0.2, 0) is 11.0 Å². The summed E-state index contributed by atoms with van der Waals surface area (Å²) in [5.74, 6) is 0.215. The molecule has 0 aliphatic rings. The van der Waals surface area contributed by atoms with E-state index in [0.29, 0.717) is 6.42 Å². The zero-order chi connectivity index (χ0) is 8.97. The summed E-state index contributed by atoms with van der Waals surface area (Å²) in [6.45, 7) is 0. The van der Waals surface area contributed by atoms with Crippen molar-refractivity contribution in [3.8, 4) is 5.75 Å². The van der Waals surface area contributed by atoms with Crippen LogP contribution in [0.15, 0.2) is 24.3 Å². The van der Waals surface area contributed by atoms with E-state index in [4.69, 9.17) is 10.00 Å². The lowest BCUT2D eigenvalue weighted by molar-refractivity contribution is 0.475. The van der Waals surface area contributed by atoms with Gasteiger partial charge in [0, 0.05) is 6.42 Å². The van der Waals surface area contributed by atoms with E-state index in [1.165, 1.54) is 0 Å². The van der Waals surface area contributed by atoms with Crippen molar-refractivity contribution in [2.24, 2.45) is 0 Å². The largest absolute Gasteiger partial charge is 0.508 e. The van der Waals surface area contributed by atoms with Crippen LogP contribution in [0.1, 0.15) is 5.56 Å². The van der Waals surface area contributed by atoms with Crippen molar-refractivity contribution < 1.29 is 14.6 Å². The van der Waals surface area contributed by atoms with Crippen molar-refractivity contribution in [3.05, 3.63) is 29.8 Å². The van der Waals surface area contributed by atoms with Gasteiger partial charge in [-0.3, -0.25) is 0 Å². The number of benzene rings is 1. The molecule has 64 valence electrons. The Morgan fingerprint density at radius 1 is 1.25 bits per heavy atom. The van der Waals surface area contributed by atoms with Gasteiger partial charge in [0.2, 0.25) is 0 Å². The molecule has 0 saturated carbocycles. The molecule has 1 aromatic rings. The molecule has 0 aliphatic heterocycles. The smallest absolute Gasteiger partial charge is 0.505 e. The normalized spacial score (nSPS) is 11.2. The molecule has 4 heteroatoms. The van der Waals surface area contributed by atoms with E-state index in [-0.39, 0.29) is 11.9 Å². The second-order valence-corrected chi connectivity index (χ2v) is 3.64. The summed E-state index contributed by atoms with van der Waals surface area (Å²) in [5, 5.41) is 8.93. The Labute approximate surface area is 71.5 Å². The zero-order valence-corrected chi connectivity index (χ0v) is 7.37. The molecular weight excluding hydrogens is 175 g/mol. The van der Waals surface area contributed by atoms with Crippen LogP contribution in [0.25, 0.3) is 0 Å². The van der Waals surface area contributed by atoms with Crippen molar-refractivity contribution in [1.29, 1.82) is 0 Å². The third kappa shape index (κ3) is 2.99. The van der Waals surface area contributed by atoms with Crippen molar-refractivity contribution in [3.63, 3.8) is 0 Å². The van der Waals surface area contributed by atoms with E-state index >= 15 is 0 Å². The molecule has 0 aromatic heterocycles. The number of rotatable bonds is 3. The molecule has 0 amide bonds. The maximum atomic E-state index is 10.3. The fourth-order valence-corrected chi connectivity index (χ4v) is 1.34. The molecule has 0 saturated heterocycles. The minimum absolute atomic E-state index is 0.215. The second-order valence-electron chi connectivity index (χ2n) is 2.49. The molecule has 3 nitrogen and oxygen atoms in total. The van der Waals surface area contributed by atoms with Crippen LogP contribution in [0.4, 0.5) is 0 Å². The van der Waals surface area contributed by atoms with Crippen LogP contribution in [0, 0.1) is 0 Å². The third-order valence-corrected chi connectivity index (χ3v) is 2.13. The van der Waals surface area contributed by atoms with Crippen molar-refractivity contribution in [1.82, 2.24) is 0 Å². The molecular formula is C8H10O3P+. The van der Waals surface area contributed by atoms with Gasteiger partial charge in [0.1, 0.15) is 5.75 Å². The summed E-state index contributed by atoms with van der Waals surface area (Å²) in [6, 6.07) is 6.63. The maximum Gasteiger partial charge on any atom is 0.505 e. The molecule has 1 unspecified atom stereocenters. The number of aryl methyl sites for hydroxylation is 1. The number of hydrogen-bond donors (Lipinski definition) is 2. The van der Waals surface area contributed by atoms with Crippen LogP contribution >= 0.6 is 8.03 Å². The minimum Gasteiger partial charge on any atom is -0.508 e. The average molecular weight is 185 g/mol. The molecule has 2 N–H and O–H groups in total. The lowest BCUT2D eigenvalue weighted by atomic mass is 10.2. The highest BCUT2D eigenvalue weighted by atomic mass is 31.1. The molecule has 0 heterocycles. The van der Waals surface area contributed by atoms with Gasteiger partial charge in [-0.1, -0.05) is 12.1 Å². The Hall–Kier alpha value is -0.920. The van der Waals surface area contributed by atoms with E-state index in [0.717, 1.165) is 5.56 Å². The van der Waals surface area contributed by atoms with Crippen molar-refractivity contribution in [2.45, 2.75) is 6.42 Å². The molecule has 1 atom stereocenters. The Balaban J connectivity index is 2.53. The predicted molar refractivity (Wildman–Crippen MR) is 46.5 cm³/mol. The number of aromatic hydroxyl groups is 1. The zero-order valence-electron chi connectivity index (χ0n) is 6.47. The Morgan fingerprint density at radius 3 is 2.33 bits per heavy atom. The van der Waals surface area contributed by atoms with E-state index in [1.807, 2.05) is 0 Å². The average Bonchev–Trinajstić information content (AvgIpc) is 2.03. The van der Waals surface area contributed by atoms with E-state index in [9.17, 15) is 4.57 Å². The fourth-order valence-electron chi connectivity index (χ4n) is 0.887. The van der Waals surface area contributed by atoms with Crippen molar-refractivity contribution >= 4 is 8.03 Å². The Bertz CT molecular complexity index is 268. The fraction of sp³-hybridized carbons (Fsp3) is 0.250. The van der Waals surface area contributed by atoms with E-state index in [1.54, 1.807) is 24.3 Å². The van der Waals surface area contributed by atoms with Crippen LogP contribution < -0.4 is 0 Å². The standard InChI is InChI=1S/C8H9O3P/c9-8-3-1-7(2-4-8)5-6-12(10)11/h1-4H,5-6H2,(H-,9,10,11)/p+1. The monoisotopic (exact) mass is 185 g/mol. The van der Waals surface area contributed by atoms with Crippen LogP contribution in [0.3, 0.4) is 0 Å². The molecule has 0 spiro atoms. The lowest BCUT2D eigenvalue weighted by Gasteiger charge is -1.94. The van der Waals surface area contributed by atoms with Crippen LogP contribution in [0.5, 0.6) is 5.75 Å². The predicted octanol–water partition coefficient (Wildman–Crippen LogP) is 1.67. The lowest BCUT2D eigenvalue weighted by Crippen LogP contribution is -1.86. The first kappa shape index (κ1) is 9.17. The van der Waals surface area contributed by atoms with Crippen LogP contribution in [-0.4, -0.2) is 16.2 Å². The number of hydrogen-bond acceptors (Lipinski definition) is 2. The van der Waals surface area contributed by atoms with Gasteiger partial charge < -0.3 is 5.11 Å². The highest BCUT2D eigenvalue weighted by molar-refractivity contribution is 7.37. The number of phenols is 1. The van der Waals surface area contributed by atoms with E-state index < -0.39 is 8.03 Å². The van der Waals surface area contributed by atoms with Gasteiger partial charge in [-0.25, -0.2) is 0 Å². The van der Waals surface area contributed by atoms with Gasteiger partial charge in [0.25, 0.3) is 0 Å². The van der Waals surface area contributed by atoms with Gasteiger partial charge in [-0.2, -0.15) is 4.89 Å². The minimum atomic E-state index is -2.04. The third-order valence-electron chi connectivity index (χ3n) is 1.53. The molecule has 0 aliphatic carbocycles. The van der Waals surface area contributed by atoms with Crippen molar-refractivity contribution in [2.75, 3.05) is 6.16 Å². The summed E-state index contributed by atoms with van der Waals surface area (Å²) >= 11 is 0. The highest BCUT2D eigenvalue weighted by Gasteiger charge is 2.09. The summed E-state index contributed by atoms with van der Waals surface area (Å²) in [5.41, 5.74) is 0.963. The summed E-state index contributed by atoms with van der Waals surface area (Å²) in [6.07, 6.45) is 0.853. The Kier molecular flexibility index (Phi) is 3.20. The van der Waals surface area contributed by atoms with Gasteiger partial charge in [-0.15, -0.1) is 0 Å². The first-order valence-electron chi connectivity index (χ1n) is 3.60. The number of phenolic OH excluding ortho intramolecular Hbond substituents is 1. The molecule has 0 bridgehead atoms. The summed E-state index contributed by atoms with van der Waals surface area (Å²) in [7, 11) is -2.04. The van der Waals surface area contributed by atoms with E-state index in [2.05, 4.69) is 0 Å². The molecule has 12 heavy (non-hydrogen) atoms. The quantitative estimate of drug-likeness (QED) is 0.704. The first-order chi connectivity index (χ1) is 5.68. The Morgan fingerprint density at radius 2 is 1.83 bits per heavy atom.